The van der Waals surface area contributed by atoms with Gasteiger partial charge >= 0.3 is 6.03 Å². The van der Waals surface area contributed by atoms with Crippen molar-refractivity contribution in [3.05, 3.63) is 99.6 Å². The predicted molar refractivity (Wildman–Crippen MR) is 126 cm³/mol. The van der Waals surface area contributed by atoms with Crippen LogP contribution in [-0.2, 0) is 6.61 Å². The van der Waals surface area contributed by atoms with E-state index in [2.05, 4.69) is 15.6 Å². The fourth-order valence-corrected chi connectivity index (χ4v) is 3.31. The van der Waals surface area contributed by atoms with Crippen LogP contribution in [0, 0.1) is 20.8 Å². The molecule has 2 aromatic heterocycles. The molecule has 0 unspecified atom stereocenters. The quantitative estimate of drug-likeness (QED) is 0.476. The van der Waals surface area contributed by atoms with Crippen LogP contribution in [-0.4, -0.2) is 15.4 Å². The summed E-state index contributed by atoms with van der Waals surface area (Å²) in [5.41, 5.74) is 5.33. The van der Waals surface area contributed by atoms with Gasteiger partial charge in [0.25, 0.3) is 5.56 Å². The van der Waals surface area contributed by atoms with Gasteiger partial charge in [-0.2, -0.15) is 0 Å². The van der Waals surface area contributed by atoms with Crippen molar-refractivity contribution in [2.24, 2.45) is 0 Å². The Morgan fingerprint density at radius 2 is 1.78 bits per heavy atom. The Morgan fingerprint density at radius 1 is 0.969 bits per heavy atom. The van der Waals surface area contributed by atoms with E-state index < -0.39 is 0 Å². The van der Waals surface area contributed by atoms with Crippen LogP contribution in [0.3, 0.4) is 0 Å². The van der Waals surface area contributed by atoms with Gasteiger partial charge in [0.1, 0.15) is 18.0 Å². The number of aromatic nitrogens is 2. The molecule has 0 fully saturated rings. The van der Waals surface area contributed by atoms with Gasteiger partial charge in [0, 0.05) is 29.7 Å². The second kappa shape index (κ2) is 8.93. The third kappa shape index (κ3) is 4.95. The van der Waals surface area contributed by atoms with Crippen LogP contribution in [0.1, 0.15) is 22.4 Å². The number of benzene rings is 2. The molecule has 0 radical (unpaired) electrons. The zero-order chi connectivity index (χ0) is 22.7. The van der Waals surface area contributed by atoms with Crippen LogP contribution in [0.5, 0.6) is 5.75 Å². The highest BCUT2D eigenvalue weighted by atomic mass is 16.5. The summed E-state index contributed by atoms with van der Waals surface area (Å²) in [6, 6.07) is 17.8. The van der Waals surface area contributed by atoms with Gasteiger partial charge in [0.2, 0.25) is 0 Å². The first-order chi connectivity index (χ1) is 15.4. The SMILES string of the molecule is Cc1ccc(C)c(NC(=O)Nc2cccc(OCc3cc(=O)n4cc(C)ccc4n3)c2)c1. The molecular weight excluding hydrogens is 404 g/mol. The summed E-state index contributed by atoms with van der Waals surface area (Å²) in [4.78, 5) is 29.2. The Morgan fingerprint density at radius 3 is 2.62 bits per heavy atom. The fraction of sp³-hybridized carbons (Fsp3) is 0.160. The highest BCUT2D eigenvalue weighted by Gasteiger charge is 2.08. The molecule has 0 saturated heterocycles. The number of carbonyl (C=O) groups excluding carboxylic acids is 1. The first-order valence-electron chi connectivity index (χ1n) is 10.2. The summed E-state index contributed by atoms with van der Waals surface area (Å²) in [6.07, 6.45) is 1.76. The molecule has 7 heteroatoms. The first kappa shape index (κ1) is 21.1. The van der Waals surface area contributed by atoms with Gasteiger partial charge in [-0.1, -0.05) is 24.3 Å². The molecule has 0 atom stereocenters. The van der Waals surface area contributed by atoms with E-state index in [9.17, 15) is 9.59 Å². The van der Waals surface area contributed by atoms with Gasteiger partial charge in [-0.3, -0.25) is 9.20 Å². The second-order valence-electron chi connectivity index (χ2n) is 7.73. The van der Waals surface area contributed by atoms with E-state index in [0.717, 1.165) is 22.4 Å². The van der Waals surface area contributed by atoms with Gasteiger partial charge in [0.05, 0.1) is 5.69 Å². The molecule has 0 saturated carbocycles. The molecule has 4 rings (SSSR count). The second-order valence-corrected chi connectivity index (χ2v) is 7.73. The molecule has 7 nitrogen and oxygen atoms in total. The van der Waals surface area contributed by atoms with Crippen molar-refractivity contribution in [3.63, 3.8) is 0 Å². The van der Waals surface area contributed by atoms with Gasteiger partial charge in [-0.25, -0.2) is 9.78 Å². The van der Waals surface area contributed by atoms with Crippen LogP contribution in [0.4, 0.5) is 16.2 Å². The van der Waals surface area contributed by atoms with Crippen molar-refractivity contribution < 1.29 is 9.53 Å². The van der Waals surface area contributed by atoms with E-state index in [1.807, 2.05) is 45.0 Å². The number of hydrogen-bond donors (Lipinski definition) is 2. The number of amides is 2. The fourth-order valence-electron chi connectivity index (χ4n) is 3.31. The Balaban J connectivity index is 1.42. The van der Waals surface area contributed by atoms with Crippen molar-refractivity contribution in [3.8, 4) is 5.75 Å². The van der Waals surface area contributed by atoms with Crippen LogP contribution in [0.25, 0.3) is 5.65 Å². The van der Waals surface area contributed by atoms with Crippen LogP contribution < -0.4 is 20.9 Å². The largest absolute Gasteiger partial charge is 0.487 e. The number of ether oxygens (including phenoxy) is 1. The van der Waals surface area contributed by atoms with Crippen molar-refractivity contribution >= 4 is 23.1 Å². The van der Waals surface area contributed by atoms with Crippen LogP contribution >= 0.6 is 0 Å². The average Bonchev–Trinajstić information content (AvgIpc) is 2.75. The van der Waals surface area contributed by atoms with Crippen molar-refractivity contribution in [1.82, 2.24) is 9.38 Å². The van der Waals surface area contributed by atoms with E-state index in [1.165, 1.54) is 10.5 Å². The molecular formula is C25H24N4O3. The molecule has 0 aliphatic heterocycles. The minimum atomic E-state index is -0.338. The molecule has 2 N–H and O–H groups in total. The molecule has 2 amide bonds. The minimum absolute atomic E-state index is 0.137. The molecule has 0 spiro atoms. The number of carbonyl (C=O) groups is 1. The lowest BCUT2D eigenvalue weighted by Gasteiger charge is -2.12. The predicted octanol–water partition coefficient (Wildman–Crippen LogP) is 4.84. The van der Waals surface area contributed by atoms with E-state index in [0.29, 0.717) is 22.8 Å². The number of nitrogens with zero attached hydrogens (tertiary/aromatic N) is 2. The summed E-state index contributed by atoms with van der Waals surface area (Å²) in [5.74, 6) is 0.556. The molecule has 0 bridgehead atoms. The van der Waals surface area contributed by atoms with E-state index in [-0.39, 0.29) is 18.2 Å². The van der Waals surface area contributed by atoms with Crippen molar-refractivity contribution in [2.75, 3.05) is 10.6 Å². The smallest absolute Gasteiger partial charge is 0.323 e. The summed E-state index contributed by atoms with van der Waals surface area (Å²) in [6.45, 7) is 5.98. The van der Waals surface area contributed by atoms with E-state index in [1.54, 1.807) is 36.5 Å². The lowest BCUT2D eigenvalue weighted by molar-refractivity contribution is 0.262. The highest BCUT2D eigenvalue weighted by Crippen LogP contribution is 2.20. The third-order valence-corrected chi connectivity index (χ3v) is 4.98. The average molecular weight is 428 g/mol. The lowest BCUT2D eigenvalue weighted by atomic mass is 10.1. The molecule has 2 aromatic carbocycles. The highest BCUT2D eigenvalue weighted by molar-refractivity contribution is 6.00. The topological polar surface area (TPSA) is 84.7 Å². The summed E-state index contributed by atoms with van der Waals surface area (Å²) in [7, 11) is 0. The maximum Gasteiger partial charge on any atom is 0.323 e. The lowest BCUT2D eigenvalue weighted by Crippen LogP contribution is -2.20. The van der Waals surface area contributed by atoms with Crippen molar-refractivity contribution in [2.45, 2.75) is 27.4 Å². The zero-order valence-corrected chi connectivity index (χ0v) is 18.2. The molecule has 32 heavy (non-hydrogen) atoms. The standard InChI is InChI=1S/C25H24N4O3/c1-16-7-9-18(3)22(11-16)28-25(31)27-19-5-4-6-21(12-19)32-15-20-13-24(30)29-14-17(2)8-10-23(29)26-20/h4-14H,15H2,1-3H3,(H2,27,28,31). The summed E-state index contributed by atoms with van der Waals surface area (Å²) in [5, 5.41) is 5.68. The van der Waals surface area contributed by atoms with Crippen LogP contribution in [0.2, 0.25) is 0 Å². The number of urea groups is 1. The number of anilines is 2. The van der Waals surface area contributed by atoms with Gasteiger partial charge < -0.3 is 15.4 Å². The summed E-state index contributed by atoms with van der Waals surface area (Å²) >= 11 is 0. The normalized spacial score (nSPS) is 10.7. The minimum Gasteiger partial charge on any atom is -0.487 e. The van der Waals surface area contributed by atoms with Gasteiger partial charge in [0.15, 0.2) is 0 Å². The third-order valence-electron chi connectivity index (χ3n) is 4.98. The summed E-state index contributed by atoms with van der Waals surface area (Å²) < 4.78 is 7.32. The number of pyridine rings is 1. The zero-order valence-electron chi connectivity index (χ0n) is 18.2. The monoisotopic (exact) mass is 428 g/mol. The number of rotatable bonds is 5. The van der Waals surface area contributed by atoms with E-state index in [4.69, 9.17) is 4.74 Å². The molecule has 0 aliphatic carbocycles. The Hall–Kier alpha value is -4.13. The van der Waals surface area contributed by atoms with Crippen LogP contribution in [0.15, 0.2) is 71.7 Å². The molecule has 162 valence electrons. The first-order valence-corrected chi connectivity index (χ1v) is 10.2. The Labute approximate surface area is 185 Å². The maximum absolute atomic E-state index is 12.4. The molecule has 4 aromatic rings. The Bertz CT molecular complexity index is 1360. The van der Waals surface area contributed by atoms with Gasteiger partial charge in [-0.05, 0) is 61.7 Å². The Kier molecular flexibility index (Phi) is 5.89. The number of aryl methyl sites for hydroxylation is 3. The number of nitrogens with one attached hydrogen (secondary N) is 2. The van der Waals surface area contributed by atoms with Crippen molar-refractivity contribution in [1.29, 1.82) is 0 Å². The van der Waals surface area contributed by atoms with Gasteiger partial charge in [-0.15, -0.1) is 0 Å². The maximum atomic E-state index is 12.4. The number of hydrogen-bond acceptors (Lipinski definition) is 4. The van der Waals surface area contributed by atoms with E-state index >= 15 is 0 Å². The number of fused-ring (bicyclic) bond motifs is 1. The molecule has 2 heterocycles. The molecule has 0 aliphatic rings.